The van der Waals surface area contributed by atoms with Crippen molar-refractivity contribution in [2.45, 2.75) is 11.1 Å². The number of phenols is 1. The molecule has 0 aliphatic carbocycles. The quantitative estimate of drug-likeness (QED) is 0.464. The first-order chi connectivity index (χ1) is 11.4. The van der Waals surface area contributed by atoms with E-state index in [1.165, 1.54) is 0 Å². The van der Waals surface area contributed by atoms with Crippen LogP contribution in [0.25, 0.3) is 0 Å². The number of hydrogen-bond acceptors (Lipinski definition) is 5. The predicted octanol–water partition coefficient (Wildman–Crippen LogP) is 3.77. The van der Waals surface area contributed by atoms with Gasteiger partial charge in [0.15, 0.2) is 0 Å². The zero-order valence-electron chi connectivity index (χ0n) is 11.9. The van der Waals surface area contributed by atoms with Crippen molar-refractivity contribution in [1.29, 1.82) is 0 Å². The maximum Gasteiger partial charge on any atom is 0.416 e. The average molecular weight is 397 g/mol. The van der Waals surface area contributed by atoms with E-state index >= 15 is 0 Å². The van der Waals surface area contributed by atoms with Gasteiger partial charge in [-0.15, -0.1) is 0 Å². The summed E-state index contributed by atoms with van der Waals surface area (Å²) in [7, 11) is -4.66. The van der Waals surface area contributed by atoms with Gasteiger partial charge < -0.3 is 5.11 Å². The summed E-state index contributed by atoms with van der Waals surface area (Å²) >= 11 is 5.66. The number of rotatable bonds is 4. The van der Waals surface area contributed by atoms with Crippen molar-refractivity contribution in [2.24, 2.45) is 0 Å². The van der Waals surface area contributed by atoms with Crippen molar-refractivity contribution >= 4 is 33.0 Å². The summed E-state index contributed by atoms with van der Waals surface area (Å²) in [5, 5.41) is 19.8. The maximum absolute atomic E-state index is 12.7. The number of alkyl halides is 3. The Balaban J connectivity index is 2.51. The number of nitrogens with zero attached hydrogens (tertiary/aromatic N) is 1. The molecule has 0 aromatic heterocycles. The molecule has 0 aliphatic heterocycles. The van der Waals surface area contributed by atoms with E-state index in [1.54, 1.807) is 4.72 Å². The zero-order chi connectivity index (χ0) is 19.0. The third kappa shape index (κ3) is 4.12. The van der Waals surface area contributed by atoms with Gasteiger partial charge in [0.1, 0.15) is 10.6 Å². The van der Waals surface area contributed by atoms with E-state index in [-0.39, 0.29) is 0 Å². The molecule has 0 saturated carbocycles. The fourth-order valence-corrected chi connectivity index (χ4v) is 3.40. The predicted molar refractivity (Wildman–Crippen MR) is 82.0 cm³/mol. The second-order valence-corrected chi connectivity index (χ2v) is 6.77. The fourth-order valence-electron chi connectivity index (χ4n) is 1.80. The van der Waals surface area contributed by atoms with Crippen LogP contribution in [0.1, 0.15) is 5.56 Å². The van der Waals surface area contributed by atoms with Gasteiger partial charge in [-0.05, 0) is 24.3 Å². The number of non-ortho nitro benzene ring substituents is 1. The van der Waals surface area contributed by atoms with Crippen LogP contribution in [-0.2, 0) is 16.2 Å². The van der Waals surface area contributed by atoms with Crippen LogP contribution in [0.4, 0.5) is 24.5 Å². The summed E-state index contributed by atoms with van der Waals surface area (Å²) < 4.78 is 64.6. The lowest BCUT2D eigenvalue weighted by atomic mass is 10.2. The van der Waals surface area contributed by atoms with Crippen LogP contribution in [0.15, 0.2) is 41.3 Å². The van der Waals surface area contributed by atoms with Crippen LogP contribution in [0.5, 0.6) is 5.75 Å². The molecule has 2 rings (SSSR count). The second kappa shape index (κ2) is 6.41. The van der Waals surface area contributed by atoms with Crippen LogP contribution < -0.4 is 4.72 Å². The summed E-state index contributed by atoms with van der Waals surface area (Å²) in [6, 6.07) is 4.18. The molecule has 0 radical (unpaired) electrons. The summed E-state index contributed by atoms with van der Waals surface area (Å²) in [5.74, 6) is -0.655. The molecule has 0 amide bonds. The van der Waals surface area contributed by atoms with E-state index in [0.717, 1.165) is 18.2 Å². The van der Waals surface area contributed by atoms with E-state index < -0.39 is 53.7 Å². The zero-order valence-corrected chi connectivity index (χ0v) is 13.5. The van der Waals surface area contributed by atoms with Gasteiger partial charge in [0.25, 0.3) is 15.7 Å². The summed E-state index contributed by atoms with van der Waals surface area (Å²) in [6.45, 7) is 0. The third-order valence-corrected chi connectivity index (χ3v) is 4.83. The minimum absolute atomic E-state index is 0.319. The van der Waals surface area contributed by atoms with Crippen molar-refractivity contribution < 1.29 is 31.6 Å². The van der Waals surface area contributed by atoms with Crippen LogP contribution in [-0.4, -0.2) is 18.4 Å². The Morgan fingerprint density at radius 3 is 2.36 bits per heavy atom. The molecular formula is C13H8ClF3N2O5S. The number of phenolic OH excluding ortho intramolecular Hbond substituents is 1. The first-order valence-corrected chi connectivity index (χ1v) is 8.15. The Labute approximate surface area is 143 Å². The number of halogens is 4. The first kappa shape index (κ1) is 18.8. The number of sulfonamides is 1. The minimum Gasteiger partial charge on any atom is -0.506 e. The molecule has 0 atom stereocenters. The molecule has 0 bridgehead atoms. The van der Waals surface area contributed by atoms with E-state index in [9.17, 15) is 36.8 Å². The molecule has 134 valence electrons. The Bertz CT molecular complexity index is 947. The van der Waals surface area contributed by atoms with Crippen LogP contribution >= 0.6 is 11.6 Å². The van der Waals surface area contributed by atoms with Crippen LogP contribution in [0, 0.1) is 10.1 Å². The normalized spacial score (nSPS) is 12.0. The molecule has 0 heterocycles. The van der Waals surface area contributed by atoms with Gasteiger partial charge in [-0.3, -0.25) is 14.8 Å². The molecule has 25 heavy (non-hydrogen) atoms. The number of nitro groups is 1. The van der Waals surface area contributed by atoms with Gasteiger partial charge in [0.2, 0.25) is 0 Å². The average Bonchev–Trinajstić information content (AvgIpc) is 2.48. The molecular weight excluding hydrogens is 389 g/mol. The van der Waals surface area contributed by atoms with Gasteiger partial charge in [-0.2, -0.15) is 13.2 Å². The number of aromatic hydroxyl groups is 1. The largest absolute Gasteiger partial charge is 0.506 e. The highest BCUT2D eigenvalue weighted by Gasteiger charge is 2.33. The molecule has 0 aliphatic rings. The SMILES string of the molecule is O=[N+]([O-])c1ccc(O)c(NS(=O)(=O)c2cc(C(F)(F)F)ccc2Cl)c1. The Morgan fingerprint density at radius 1 is 1.16 bits per heavy atom. The Morgan fingerprint density at radius 2 is 1.80 bits per heavy atom. The van der Waals surface area contributed by atoms with Gasteiger partial charge in [0.05, 0.1) is 21.2 Å². The van der Waals surface area contributed by atoms with E-state index in [1.807, 2.05) is 0 Å². The van der Waals surface area contributed by atoms with Crippen molar-refractivity contribution in [1.82, 2.24) is 0 Å². The fraction of sp³-hybridized carbons (Fsp3) is 0.0769. The van der Waals surface area contributed by atoms with Crippen LogP contribution in [0.2, 0.25) is 5.02 Å². The van der Waals surface area contributed by atoms with Crippen molar-refractivity contribution in [3.63, 3.8) is 0 Å². The second-order valence-electron chi connectivity index (χ2n) is 4.71. The molecule has 0 fully saturated rings. The Kier molecular flexibility index (Phi) is 4.82. The third-order valence-electron chi connectivity index (χ3n) is 2.98. The van der Waals surface area contributed by atoms with E-state index in [4.69, 9.17) is 11.6 Å². The number of hydrogen-bond donors (Lipinski definition) is 2. The molecule has 2 N–H and O–H groups in total. The Hall–Kier alpha value is -2.53. The summed E-state index contributed by atoms with van der Waals surface area (Å²) in [6.07, 6.45) is -4.80. The lowest BCUT2D eigenvalue weighted by Crippen LogP contribution is -2.15. The van der Waals surface area contributed by atoms with Crippen molar-refractivity contribution in [3.8, 4) is 5.75 Å². The lowest BCUT2D eigenvalue weighted by molar-refractivity contribution is -0.384. The summed E-state index contributed by atoms with van der Waals surface area (Å²) in [5.41, 5.74) is -2.37. The van der Waals surface area contributed by atoms with Crippen molar-refractivity contribution in [3.05, 3.63) is 57.1 Å². The summed E-state index contributed by atoms with van der Waals surface area (Å²) in [4.78, 5) is 8.98. The smallest absolute Gasteiger partial charge is 0.416 e. The topological polar surface area (TPSA) is 110 Å². The maximum atomic E-state index is 12.7. The molecule has 0 saturated heterocycles. The van der Waals surface area contributed by atoms with Crippen LogP contribution in [0.3, 0.4) is 0 Å². The number of anilines is 1. The van der Waals surface area contributed by atoms with Gasteiger partial charge in [-0.25, -0.2) is 8.42 Å². The highest BCUT2D eigenvalue weighted by atomic mass is 35.5. The molecule has 0 unspecified atom stereocenters. The van der Waals surface area contributed by atoms with Gasteiger partial charge in [-0.1, -0.05) is 11.6 Å². The standard InChI is InChI=1S/C13H8ClF3N2O5S/c14-9-3-1-7(13(15,16)17)5-12(9)25(23,24)18-10-6-8(19(21)22)2-4-11(10)20/h1-6,18,20H. The molecule has 0 spiro atoms. The highest BCUT2D eigenvalue weighted by Crippen LogP contribution is 2.35. The molecule has 2 aromatic rings. The van der Waals surface area contributed by atoms with E-state index in [2.05, 4.69) is 0 Å². The molecule has 7 nitrogen and oxygen atoms in total. The lowest BCUT2D eigenvalue weighted by Gasteiger charge is -2.13. The number of nitro benzene ring substituents is 1. The number of nitrogens with one attached hydrogen (secondary N) is 1. The molecule has 2 aromatic carbocycles. The number of benzene rings is 2. The minimum atomic E-state index is -4.80. The van der Waals surface area contributed by atoms with Gasteiger partial charge >= 0.3 is 6.18 Å². The highest BCUT2D eigenvalue weighted by molar-refractivity contribution is 7.92. The van der Waals surface area contributed by atoms with Crippen molar-refractivity contribution in [2.75, 3.05) is 4.72 Å². The van der Waals surface area contributed by atoms with Gasteiger partial charge in [0, 0.05) is 12.1 Å². The monoisotopic (exact) mass is 396 g/mol. The molecule has 12 heteroatoms. The first-order valence-electron chi connectivity index (χ1n) is 6.29. The van der Waals surface area contributed by atoms with E-state index in [0.29, 0.717) is 18.2 Å².